The van der Waals surface area contributed by atoms with Crippen LogP contribution >= 0.6 is 15.9 Å². The maximum Gasteiger partial charge on any atom is 0.244 e. The van der Waals surface area contributed by atoms with Crippen LogP contribution in [-0.2, 0) is 10.3 Å². The Morgan fingerprint density at radius 1 is 1.30 bits per heavy atom. The molecule has 2 fully saturated rings. The van der Waals surface area contributed by atoms with Crippen LogP contribution in [-0.4, -0.2) is 11.9 Å². The predicted octanol–water partition coefficient (Wildman–Crippen LogP) is 2.93. The van der Waals surface area contributed by atoms with Crippen molar-refractivity contribution in [1.82, 2.24) is 5.32 Å². The molecule has 0 heterocycles. The first-order valence-electron chi connectivity index (χ1n) is 7.32. The molecule has 0 aliphatic heterocycles. The Bertz CT molecular complexity index is 512. The summed E-state index contributed by atoms with van der Waals surface area (Å²) in [6, 6.07) is 7.99. The zero-order valence-corrected chi connectivity index (χ0v) is 13.3. The SMILES string of the molecule is CC(N)(C(=O)NC1CC2CCC1C2)c1ccc(Br)cc1. The molecular formula is C16H21BrN2O. The minimum atomic E-state index is -0.970. The number of carbonyl (C=O) groups excluding carboxylic acids is 1. The van der Waals surface area contributed by atoms with Crippen LogP contribution in [0.4, 0.5) is 0 Å². The molecule has 0 spiro atoms. The molecule has 2 aliphatic carbocycles. The summed E-state index contributed by atoms with van der Waals surface area (Å²) in [5.74, 6) is 1.43. The van der Waals surface area contributed by atoms with Crippen LogP contribution in [0.1, 0.15) is 38.2 Å². The molecule has 3 nitrogen and oxygen atoms in total. The van der Waals surface area contributed by atoms with E-state index in [-0.39, 0.29) is 5.91 Å². The summed E-state index contributed by atoms with van der Waals surface area (Å²) in [4.78, 5) is 12.5. The zero-order chi connectivity index (χ0) is 14.3. The highest BCUT2D eigenvalue weighted by Crippen LogP contribution is 2.44. The van der Waals surface area contributed by atoms with Crippen molar-refractivity contribution in [2.24, 2.45) is 17.6 Å². The summed E-state index contributed by atoms with van der Waals surface area (Å²) >= 11 is 3.40. The summed E-state index contributed by atoms with van der Waals surface area (Å²) in [6.07, 6.45) is 5.01. The van der Waals surface area contributed by atoms with Gasteiger partial charge in [0.05, 0.1) is 0 Å². The summed E-state index contributed by atoms with van der Waals surface area (Å²) in [5.41, 5.74) is 6.16. The topological polar surface area (TPSA) is 55.1 Å². The number of hydrogen-bond donors (Lipinski definition) is 2. The van der Waals surface area contributed by atoms with E-state index in [0.717, 1.165) is 22.4 Å². The first-order valence-corrected chi connectivity index (χ1v) is 8.12. The lowest BCUT2D eigenvalue weighted by Crippen LogP contribution is -2.53. The molecule has 20 heavy (non-hydrogen) atoms. The molecular weight excluding hydrogens is 316 g/mol. The lowest BCUT2D eigenvalue weighted by molar-refractivity contribution is -0.127. The molecule has 108 valence electrons. The van der Waals surface area contributed by atoms with Crippen molar-refractivity contribution in [3.8, 4) is 0 Å². The van der Waals surface area contributed by atoms with Gasteiger partial charge in [-0.3, -0.25) is 4.79 Å². The van der Waals surface area contributed by atoms with Gasteiger partial charge < -0.3 is 11.1 Å². The zero-order valence-electron chi connectivity index (χ0n) is 11.7. The van der Waals surface area contributed by atoms with Gasteiger partial charge >= 0.3 is 0 Å². The molecule has 2 saturated carbocycles. The van der Waals surface area contributed by atoms with Crippen molar-refractivity contribution in [3.63, 3.8) is 0 Å². The van der Waals surface area contributed by atoms with Crippen LogP contribution < -0.4 is 11.1 Å². The number of benzene rings is 1. The molecule has 0 radical (unpaired) electrons. The molecule has 1 aromatic rings. The fourth-order valence-electron chi connectivity index (χ4n) is 3.67. The number of rotatable bonds is 3. The minimum Gasteiger partial charge on any atom is -0.351 e. The van der Waals surface area contributed by atoms with E-state index < -0.39 is 5.54 Å². The average molecular weight is 337 g/mol. The van der Waals surface area contributed by atoms with Crippen LogP contribution in [0.2, 0.25) is 0 Å². The normalized spacial score (nSPS) is 31.1. The van der Waals surface area contributed by atoms with Crippen molar-refractivity contribution in [2.45, 2.75) is 44.2 Å². The van der Waals surface area contributed by atoms with Crippen molar-refractivity contribution >= 4 is 21.8 Å². The van der Waals surface area contributed by atoms with Crippen molar-refractivity contribution in [2.75, 3.05) is 0 Å². The highest BCUT2D eigenvalue weighted by atomic mass is 79.9. The van der Waals surface area contributed by atoms with Gasteiger partial charge in [0, 0.05) is 10.5 Å². The Kier molecular flexibility index (Phi) is 3.63. The van der Waals surface area contributed by atoms with Gasteiger partial charge in [-0.25, -0.2) is 0 Å². The smallest absolute Gasteiger partial charge is 0.244 e. The average Bonchev–Trinajstić information content (AvgIpc) is 3.01. The summed E-state index contributed by atoms with van der Waals surface area (Å²) in [5, 5.41) is 3.19. The Balaban J connectivity index is 1.70. The van der Waals surface area contributed by atoms with E-state index in [1.807, 2.05) is 24.3 Å². The molecule has 0 aromatic heterocycles. The molecule has 2 bridgehead atoms. The molecule has 4 atom stereocenters. The van der Waals surface area contributed by atoms with Crippen LogP contribution in [0.25, 0.3) is 0 Å². The van der Waals surface area contributed by atoms with E-state index in [1.54, 1.807) is 6.92 Å². The number of halogens is 1. The third kappa shape index (κ3) is 2.51. The third-order valence-electron chi connectivity index (χ3n) is 4.97. The molecule has 4 heteroatoms. The van der Waals surface area contributed by atoms with Crippen molar-refractivity contribution < 1.29 is 4.79 Å². The summed E-state index contributed by atoms with van der Waals surface area (Å²) in [6.45, 7) is 1.79. The molecule has 2 aliphatic rings. The fourth-order valence-corrected chi connectivity index (χ4v) is 3.93. The van der Waals surface area contributed by atoms with E-state index >= 15 is 0 Å². The van der Waals surface area contributed by atoms with E-state index in [2.05, 4.69) is 21.2 Å². The standard InChI is InChI=1S/C16H21BrN2O/c1-16(18,12-4-6-13(17)7-5-12)15(20)19-14-9-10-2-3-11(14)8-10/h4-7,10-11,14H,2-3,8-9,18H2,1H3,(H,19,20). The number of amides is 1. The first kappa shape index (κ1) is 14.1. The molecule has 1 aromatic carbocycles. The van der Waals surface area contributed by atoms with Crippen LogP contribution in [0.5, 0.6) is 0 Å². The lowest BCUT2D eigenvalue weighted by Gasteiger charge is -2.29. The van der Waals surface area contributed by atoms with E-state index in [9.17, 15) is 4.79 Å². The van der Waals surface area contributed by atoms with Crippen molar-refractivity contribution in [1.29, 1.82) is 0 Å². The number of hydrogen-bond acceptors (Lipinski definition) is 2. The monoisotopic (exact) mass is 336 g/mol. The molecule has 3 rings (SSSR count). The van der Waals surface area contributed by atoms with Gasteiger partial charge in [0.25, 0.3) is 0 Å². The maximum absolute atomic E-state index is 12.5. The Hall–Kier alpha value is -0.870. The fraction of sp³-hybridized carbons (Fsp3) is 0.562. The maximum atomic E-state index is 12.5. The Morgan fingerprint density at radius 3 is 2.55 bits per heavy atom. The highest BCUT2D eigenvalue weighted by molar-refractivity contribution is 9.10. The summed E-state index contributed by atoms with van der Waals surface area (Å²) in [7, 11) is 0. The second-order valence-electron chi connectivity index (χ2n) is 6.46. The van der Waals surface area contributed by atoms with Gasteiger partial charge in [-0.05, 0) is 55.7 Å². The molecule has 0 saturated heterocycles. The van der Waals surface area contributed by atoms with Gasteiger partial charge in [0.1, 0.15) is 5.54 Å². The lowest BCUT2D eigenvalue weighted by atomic mass is 9.90. The quantitative estimate of drug-likeness (QED) is 0.891. The second-order valence-corrected chi connectivity index (χ2v) is 7.38. The van der Waals surface area contributed by atoms with E-state index in [4.69, 9.17) is 5.73 Å². The first-order chi connectivity index (χ1) is 9.46. The number of carbonyl (C=O) groups is 1. The van der Waals surface area contributed by atoms with Gasteiger partial charge in [-0.15, -0.1) is 0 Å². The Morgan fingerprint density at radius 2 is 2.00 bits per heavy atom. The molecule has 1 amide bonds. The summed E-state index contributed by atoms with van der Waals surface area (Å²) < 4.78 is 0.991. The van der Waals surface area contributed by atoms with E-state index in [1.165, 1.54) is 19.3 Å². The van der Waals surface area contributed by atoms with Crippen LogP contribution in [0.15, 0.2) is 28.7 Å². The largest absolute Gasteiger partial charge is 0.351 e. The molecule has 4 unspecified atom stereocenters. The van der Waals surface area contributed by atoms with Gasteiger partial charge in [0.2, 0.25) is 5.91 Å². The van der Waals surface area contributed by atoms with Crippen LogP contribution in [0.3, 0.4) is 0 Å². The third-order valence-corrected chi connectivity index (χ3v) is 5.50. The van der Waals surface area contributed by atoms with E-state index in [0.29, 0.717) is 12.0 Å². The van der Waals surface area contributed by atoms with Crippen LogP contribution in [0, 0.1) is 11.8 Å². The Labute approximate surface area is 128 Å². The van der Waals surface area contributed by atoms with Gasteiger partial charge in [-0.1, -0.05) is 34.5 Å². The molecule has 3 N–H and O–H groups in total. The number of nitrogens with two attached hydrogens (primary N) is 1. The van der Waals surface area contributed by atoms with Crippen molar-refractivity contribution in [3.05, 3.63) is 34.3 Å². The van der Waals surface area contributed by atoms with Gasteiger partial charge in [0.15, 0.2) is 0 Å². The minimum absolute atomic E-state index is 0.0580. The highest BCUT2D eigenvalue weighted by Gasteiger charge is 2.42. The predicted molar refractivity (Wildman–Crippen MR) is 83.1 cm³/mol. The number of fused-ring (bicyclic) bond motifs is 2. The number of nitrogens with one attached hydrogen (secondary N) is 1. The second kappa shape index (κ2) is 5.15. The van der Waals surface area contributed by atoms with Gasteiger partial charge in [-0.2, -0.15) is 0 Å².